The van der Waals surface area contributed by atoms with Gasteiger partial charge in [-0.25, -0.2) is 0 Å². The monoisotopic (exact) mass is 436 g/mol. The molecule has 3 aromatic rings. The fraction of sp³-hybridized carbons (Fsp3) is 0.435. The van der Waals surface area contributed by atoms with Crippen LogP contribution in [0.4, 0.5) is 5.13 Å². The third-order valence-electron chi connectivity index (χ3n) is 6.20. The Kier molecular flexibility index (Phi) is 5.99. The first-order valence-electron chi connectivity index (χ1n) is 11.0. The van der Waals surface area contributed by atoms with Gasteiger partial charge in [-0.05, 0) is 30.5 Å². The van der Waals surface area contributed by atoms with Crippen LogP contribution in [0.2, 0.25) is 0 Å². The first kappa shape index (κ1) is 20.2. The molecule has 0 aliphatic carbocycles. The first-order chi connectivity index (χ1) is 15.3. The van der Waals surface area contributed by atoms with Crippen molar-refractivity contribution in [2.45, 2.75) is 19.4 Å². The van der Waals surface area contributed by atoms with Crippen LogP contribution in [0.1, 0.15) is 18.4 Å². The van der Waals surface area contributed by atoms with Gasteiger partial charge < -0.3 is 9.80 Å². The van der Waals surface area contributed by atoms with Gasteiger partial charge >= 0.3 is 0 Å². The molecule has 4 heterocycles. The number of nitrogens with zero attached hydrogens (tertiary/aromatic N) is 6. The lowest BCUT2D eigenvalue weighted by Gasteiger charge is -2.39. The number of piperazine rings is 1. The standard InChI is InChI=1S/C23H28N6OS/c30-21(27-15-13-26(14-16-27)17-19-7-2-1-3-8-19)20-9-6-12-29(18-20)23-25-24-22(31-23)28-10-4-5-11-28/h1-5,7-8,10-11,20H,6,9,12-18H2/t20-/m1/s1. The highest BCUT2D eigenvalue weighted by Gasteiger charge is 2.32. The van der Waals surface area contributed by atoms with E-state index in [1.165, 1.54) is 5.56 Å². The molecule has 2 saturated heterocycles. The van der Waals surface area contributed by atoms with Crippen LogP contribution in [0.15, 0.2) is 54.9 Å². The molecule has 5 rings (SSSR count). The molecular formula is C23H28N6OS. The number of carbonyl (C=O) groups excluding carboxylic acids is 1. The summed E-state index contributed by atoms with van der Waals surface area (Å²) in [6.07, 6.45) is 5.93. The van der Waals surface area contributed by atoms with Crippen molar-refractivity contribution in [2.75, 3.05) is 44.2 Å². The molecule has 0 spiro atoms. The smallest absolute Gasteiger partial charge is 0.227 e. The van der Waals surface area contributed by atoms with E-state index in [2.05, 4.69) is 55.2 Å². The number of carbonyl (C=O) groups is 1. The Morgan fingerprint density at radius 3 is 2.45 bits per heavy atom. The van der Waals surface area contributed by atoms with E-state index < -0.39 is 0 Å². The zero-order valence-electron chi connectivity index (χ0n) is 17.6. The topological polar surface area (TPSA) is 57.5 Å². The molecule has 1 atom stereocenters. The van der Waals surface area contributed by atoms with Gasteiger partial charge in [0.2, 0.25) is 16.2 Å². The summed E-state index contributed by atoms with van der Waals surface area (Å²) in [5.74, 6) is 0.354. The molecule has 2 aromatic heterocycles. The van der Waals surface area contributed by atoms with Crippen LogP contribution in [-0.4, -0.2) is 69.7 Å². The van der Waals surface area contributed by atoms with Gasteiger partial charge in [0.25, 0.3) is 0 Å². The molecule has 7 nitrogen and oxygen atoms in total. The highest BCUT2D eigenvalue weighted by Crippen LogP contribution is 2.28. The lowest BCUT2D eigenvalue weighted by Crippen LogP contribution is -2.52. The van der Waals surface area contributed by atoms with Crippen molar-refractivity contribution in [3.63, 3.8) is 0 Å². The maximum Gasteiger partial charge on any atom is 0.227 e. The number of hydrogen-bond acceptors (Lipinski definition) is 6. The SMILES string of the molecule is O=C([C@@H]1CCCN(c2nnc(-n3cccc3)s2)C1)N1CCN(Cc2ccccc2)CC1. The van der Waals surface area contributed by atoms with Crippen LogP contribution in [0.5, 0.6) is 0 Å². The molecule has 0 unspecified atom stereocenters. The van der Waals surface area contributed by atoms with Crippen LogP contribution in [0, 0.1) is 5.92 Å². The van der Waals surface area contributed by atoms with Crippen LogP contribution < -0.4 is 4.90 Å². The quantitative estimate of drug-likeness (QED) is 0.616. The lowest BCUT2D eigenvalue weighted by atomic mass is 9.96. The molecule has 1 aromatic carbocycles. The minimum atomic E-state index is 0.0494. The summed E-state index contributed by atoms with van der Waals surface area (Å²) >= 11 is 1.58. The largest absolute Gasteiger partial charge is 0.346 e. The third-order valence-corrected chi connectivity index (χ3v) is 7.20. The van der Waals surface area contributed by atoms with E-state index in [0.29, 0.717) is 5.91 Å². The van der Waals surface area contributed by atoms with E-state index in [-0.39, 0.29) is 5.92 Å². The zero-order chi connectivity index (χ0) is 21.0. The van der Waals surface area contributed by atoms with Gasteiger partial charge in [0.15, 0.2) is 0 Å². The second kappa shape index (κ2) is 9.20. The summed E-state index contributed by atoms with van der Waals surface area (Å²) in [7, 11) is 0. The fourth-order valence-electron chi connectivity index (χ4n) is 4.48. The maximum atomic E-state index is 13.2. The number of rotatable bonds is 5. The van der Waals surface area contributed by atoms with Gasteiger partial charge in [-0.15, -0.1) is 10.2 Å². The molecule has 31 heavy (non-hydrogen) atoms. The predicted molar refractivity (Wildman–Crippen MR) is 122 cm³/mol. The van der Waals surface area contributed by atoms with E-state index in [4.69, 9.17) is 0 Å². The Labute approximate surface area is 186 Å². The van der Waals surface area contributed by atoms with E-state index in [9.17, 15) is 4.79 Å². The molecule has 0 N–H and O–H groups in total. The number of anilines is 1. The van der Waals surface area contributed by atoms with Crippen LogP contribution in [-0.2, 0) is 11.3 Å². The van der Waals surface area contributed by atoms with Gasteiger partial charge in [0.1, 0.15) is 0 Å². The predicted octanol–water partition coefficient (Wildman–Crippen LogP) is 2.89. The first-order valence-corrected chi connectivity index (χ1v) is 11.8. The molecule has 2 aliphatic rings. The molecule has 0 radical (unpaired) electrons. The number of amides is 1. The fourth-order valence-corrected chi connectivity index (χ4v) is 5.33. The second-order valence-corrected chi connectivity index (χ2v) is 9.26. The minimum absolute atomic E-state index is 0.0494. The highest BCUT2D eigenvalue weighted by atomic mass is 32.1. The molecule has 1 amide bonds. The average molecular weight is 437 g/mol. The number of hydrogen-bond donors (Lipinski definition) is 0. The summed E-state index contributed by atoms with van der Waals surface area (Å²) < 4.78 is 1.97. The van der Waals surface area contributed by atoms with E-state index in [1.54, 1.807) is 11.3 Å². The van der Waals surface area contributed by atoms with E-state index >= 15 is 0 Å². The summed E-state index contributed by atoms with van der Waals surface area (Å²) in [6, 6.07) is 14.5. The van der Waals surface area contributed by atoms with Gasteiger partial charge in [0, 0.05) is 58.2 Å². The van der Waals surface area contributed by atoms with E-state index in [1.807, 2.05) is 29.1 Å². The van der Waals surface area contributed by atoms with Crippen molar-refractivity contribution < 1.29 is 4.79 Å². The van der Waals surface area contributed by atoms with Crippen LogP contribution in [0.3, 0.4) is 0 Å². The number of piperidine rings is 1. The molecule has 2 fully saturated rings. The number of benzene rings is 1. The van der Waals surface area contributed by atoms with Crippen molar-refractivity contribution in [2.24, 2.45) is 5.92 Å². The minimum Gasteiger partial charge on any atom is -0.346 e. The average Bonchev–Trinajstić information content (AvgIpc) is 3.52. The van der Waals surface area contributed by atoms with Crippen molar-refractivity contribution in [3.8, 4) is 5.13 Å². The molecule has 162 valence electrons. The Hall–Kier alpha value is -2.71. The Morgan fingerprint density at radius 1 is 0.935 bits per heavy atom. The molecule has 2 aliphatic heterocycles. The van der Waals surface area contributed by atoms with Gasteiger partial charge in [-0.3, -0.25) is 14.3 Å². The molecular weight excluding hydrogens is 408 g/mol. The Balaban J connectivity index is 1.16. The van der Waals surface area contributed by atoms with Gasteiger partial charge in [-0.1, -0.05) is 41.7 Å². The van der Waals surface area contributed by atoms with Crippen LogP contribution >= 0.6 is 11.3 Å². The summed E-state index contributed by atoms with van der Waals surface area (Å²) in [6.45, 7) is 6.15. The molecule has 8 heteroatoms. The van der Waals surface area contributed by atoms with Gasteiger partial charge in [0.05, 0.1) is 5.92 Å². The lowest BCUT2D eigenvalue weighted by molar-refractivity contribution is -0.137. The van der Waals surface area contributed by atoms with Crippen molar-refractivity contribution in [1.29, 1.82) is 0 Å². The number of aromatic nitrogens is 3. The Morgan fingerprint density at radius 2 is 1.68 bits per heavy atom. The second-order valence-electron chi connectivity index (χ2n) is 8.33. The van der Waals surface area contributed by atoms with Crippen molar-refractivity contribution in [3.05, 3.63) is 60.4 Å². The van der Waals surface area contributed by atoms with E-state index in [0.717, 1.165) is 68.9 Å². The summed E-state index contributed by atoms with van der Waals surface area (Å²) in [5, 5.41) is 10.5. The Bertz CT molecular complexity index is 981. The molecule has 0 saturated carbocycles. The zero-order valence-corrected chi connectivity index (χ0v) is 18.5. The summed E-state index contributed by atoms with van der Waals surface area (Å²) in [4.78, 5) is 20.0. The van der Waals surface area contributed by atoms with Crippen molar-refractivity contribution in [1.82, 2.24) is 24.6 Å². The third kappa shape index (κ3) is 4.65. The van der Waals surface area contributed by atoms with Crippen LogP contribution in [0.25, 0.3) is 5.13 Å². The van der Waals surface area contributed by atoms with Gasteiger partial charge in [-0.2, -0.15) is 0 Å². The maximum absolute atomic E-state index is 13.2. The summed E-state index contributed by atoms with van der Waals surface area (Å²) in [5.41, 5.74) is 1.33. The van der Waals surface area contributed by atoms with Crippen molar-refractivity contribution >= 4 is 22.4 Å². The molecule has 0 bridgehead atoms. The highest BCUT2D eigenvalue weighted by molar-refractivity contribution is 7.17. The normalized spacial score (nSPS) is 20.2.